The standard InChI is InChI=1S/C12H14Cl2N2O3.ClH/c1-18-4-8(15)12(17)16-9-5-19-11-6(9)2-3-7(13)10(11)14;/h2-3,8-9H,4-5,15H2,1H3,(H,16,17);1H. The fourth-order valence-electron chi connectivity index (χ4n) is 1.88. The molecule has 2 unspecified atom stereocenters. The number of carbonyl (C=O) groups excluding carboxylic acids is 1. The van der Waals surface area contributed by atoms with Crippen molar-refractivity contribution in [3.63, 3.8) is 0 Å². The molecule has 0 saturated carbocycles. The molecule has 0 spiro atoms. The fourth-order valence-corrected chi connectivity index (χ4v) is 2.25. The molecule has 112 valence electrons. The van der Waals surface area contributed by atoms with Gasteiger partial charge in [0.15, 0.2) is 0 Å². The van der Waals surface area contributed by atoms with Crippen molar-refractivity contribution >= 4 is 41.5 Å². The molecule has 5 nitrogen and oxygen atoms in total. The molecule has 0 radical (unpaired) electrons. The Kier molecular flexibility index (Phi) is 6.36. The Bertz CT molecular complexity index is 499. The Morgan fingerprint density at radius 2 is 2.30 bits per heavy atom. The van der Waals surface area contributed by atoms with Gasteiger partial charge in [-0.05, 0) is 6.07 Å². The summed E-state index contributed by atoms with van der Waals surface area (Å²) >= 11 is 11.9. The van der Waals surface area contributed by atoms with Crippen molar-refractivity contribution in [1.29, 1.82) is 0 Å². The van der Waals surface area contributed by atoms with Crippen LogP contribution in [0, 0.1) is 0 Å². The van der Waals surface area contributed by atoms with Gasteiger partial charge in [0.25, 0.3) is 0 Å². The molecule has 0 aliphatic carbocycles. The molecule has 20 heavy (non-hydrogen) atoms. The average molecular weight is 342 g/mol. The largest absolute Gasteiger partial charge is 0.489 e. The summed E-state index contributed by atoms with van der Waals surface area (Å²) < 4.78 is 10.3. The average Bonchev–Trinajstić information content (AvgIpc) is 2.78. The predicted molar refractivity (Wildman–Crippen MR) is 79.9 cm³/mol. The number of benzene rings is 1. The van der Waals surface area contributed by atoms with Crippen LogP contribution in [-0.4, -0.2) is 32.3 Å². The first-order chi connectivity index (χ1) is 9.04. The van der Waals surface area contributed by atoms with Crippen molar-refractivity contribution < 1.29 is 14.3 Å². The summed E-state index contributed by atoms with van der Waals surface area (Å²) in [6.07, 6.45) is 0. The number of amides is 1. The van der Waals surface area contributed by atoms with Crippen molar-refractivity contribution in [2.75, 3.05) is 20.3 Å². The number of nitrogens with two attached hydrogens (primary N) is 1. The first kappa shape index (κ1) is 17.3. The molecular formula is C12H15Cl3N2O3. The number of nitrogens with one attached hydrogen (secondary N) is 1. The smallest absolute Gasteiger partial charge is 0.239 e. The molecule has 3 N–H and O–H groups in total. The van der Waals surface area contributed by atoms with E-state index in [2.05, 4.69) is 5.32 Å². The van der Waals surface area contributed by atoms with E-state index in [1.54, 1.807) is 12.1 Å². The second-order valence-corrected chi connectivity index (χ2v) is 5.00. The normalized spacial score (nSPS) is 17.7. The molecule has 0 fully saturated rings. The molecule has 1 amide bonds. The van der Waals surface area contributed by atoms with Crippen molar-refractivity contribution in [3.8, 4) is 5.75 Å². The van der Waals surface area contributed by atoms with Crippen LogP contribution >= 0.6 is 35.6 Å². The van der Waals surface area contributed by atoms with Crippen molar-refractivity contribution in [3.05, 3.63) is 27.7 Å². The Morgan fingerprint density at radius 3 is 2.95 bits per heavy atom. The molecule has 1 aliphatic rings. The fraction of sp³-hybridized carbons (Fsp3) is 0.417. The highest BCUT2D eigenvalue weighted by Crippen LogP contribution is 2.41. The van der Waals surface area contributed by atoms with Gasteiger partial charge in [-0.25, -0.2) is 0 Å². The van der Waals surface area contributed by atoms with Crippen LogP contribution < -0.4 is 15.8 Å². The monoisotopic (exact) mass is 340 g/mol. The number of carbonyl (C=O) groups is 1. The van der Waals surface area contributed by atoms with Crippen molar-refractivity contribution in [1.82, 2.24) is 5.32 Å². The maximum absolute atomic E-state index is 11.8. The van der Waals surface area contributed by atoms with E-state index in [9.17, 15) is 4.79 Å². The highest BCUT2D eigenvalue weighted by molar-refractivity contribution is 6.43. The van der Waals surface area contributed by atoms with E-state index in [1.807, 2.05) is 0 Å². The highest BCUT2D eigenvalue weighted by Gasteiger charge is 2.29. The second-order valence-electron chi connectivity index (χ2n) is 4.21. The molecule has 1 heterocycles. The van der Waals surface area contributed by atoms with Crippen LogP contribution in [0.1, 0.15) is 11.6 Å². The predicted octanol–water partition coefficient (Wildman–Crippen LogP) is 1.94. The number of rotatable bonds is 4. The SMILES string of the molecule is COCC(N)C(=O)NC1COc2c1ccc(Cl)c2Cl.Cl. The quantitative estimate of drug-likeness (QED) is 0.878. The molecular weight excluding hydrogens is 327 g/mol. The number of ether oxygens (including phenoxy) is 2. The lowest BCUT2D eigenvalue weighted by atomic mass is 10.1. The number of fused-ring (bicyclic) bond motifs is 1. The van der Waals surface area contributed by atoms with Crippen LogP contribution in [-0.2, 0) is 9.53 Å². The van der Waals surface area contributed by atoms with Gasteiger partial charge in [-0.1, -0.05) is 29.3 Å². The Morgan fingerprint density at radius 1 is 1.60 bits per heavy atom. The van der Waals surface area contributed by atoms with Crippen LogP contribution in [0.5, 0.6) is 5.75 Å². The Hall–Kier alpha value is -0.720. The van der Waals surface area contributed by atoms with Gasteiger partial charge in [0.1, 0.15) is 23.4 Å². The van der Waals surface area contributed by atoms with Gasteiger partial charge in [-0.2, -0.15) is 0 Å². The van der Waals surface area contributed by atoms with E-state index in [0.29, 0.717) is 22.4 Å². The van der Waals surface area contributed by atoms with Gasteiger partial charge in [-0.15, -0.1) is 12.4 Å². The summed E-state index contributed by atoms with van der Waals surface area (Å²) in [4.78, 5) is 11.8. The molecule has 1 aliphatic heterocycles. The molecule has 8 heteroatoms. The zero-order valence-electron chi connectivity index (χ0n) is 10.7. The molecule has 0 aromatic heterocycles. The van der Waals surface area contributed by atoms with Crippen molar-refractivity contribution in [2.24, 2.45) is 5.73 Å². The van der Waals surface area contributed by atoms with Crippen LogP contribution in [0.2, 0.25) is 10.0 Å². The van der Waals surface area contributed by atoms with Gasteiger partial charge >= 0.3 is 0 Å². The van der Waals surface area contributed by atoms with E-state index in [1.165, 1.54) is 7.11 Å². The third kappa shape index (κ3) is 3.48. The minimum atomic E-state index is -0.711. The summed E-state index contributed by atoms with van der Waals surface area (Å²) in [7, 11) is 1.49. The summed E-state index contributed by atoms with van der Waals surface area (Å²) in [6.45, 7) is 0.467. The molecule has 0 bridgehead atoms. The van der Waals surface area contributed by atoms with E-state index >= 15 is 0 Å². The molecule has 0 saturated heterocycles. The maximum Gasteiger partial charge on any atom is 0.239 e. The van der Waals surface area contributed by atoms with E-state index < -0.39 is 6.04 Å². The minimum Gasteiger partial charge on any atom is -0.489 e. The first-order valence-electron chi connectivity index (χ1n) is 5.70. The molecule has 1 aromatic rings. The number of halogens is 3. The van der Waals surface area contributed by atoms with Crippen LogP contribution in [0.3, 0.4) is 0 Å². The van der Waals surface area contributed by atoms with E-state index in [-0.39, 0.29) is 31.0 Å². The third-order valence-corrected chi connectivity index (χ3v) is 3.64. The minimum absolute atomic E-state index is 0. The topological polar surface area (TPSA) is 73.6 Å². The Balaban J connectivity index is 0.00000200. The van der Waals surface area contributed by atoms with E-state index in [4.69, 9.17) is 38.4 Å². The Labute approximate surface area is 133 Å². The van der Waals surface area contributed by atoms with Gasteiger partial charge in [-0.3, -0.25) is 4.79 Å². The molecule has 2 atom stereocenters. The lowest BCUT2D eigenvalue weighted by Crippen LogP contribution is -2.45. The molecule has 2 rings (SSSR count). The lowest BCUT2D eigenvalue weighted by Gasteiger charge is -2.15. The number of hydrogen-bond donors (Lipinski definition) is 2. The van der Waals surface area contributed by atoms with Gasteiger partial charge in [0, 0.05) is 12.7 Å². The van der Waals surface area contributed by atoms with Gasteiger partial charge in [0.2, 0.25) is 5.91 Å². The van der Waals surface area contributed by atoms with Gasteiger partial charge < -0.3 is 20.5 Å². The lowest BCUT2D eigenvalue weighted by molar-refractivity contribution is -0.124. The van der Waals surface area contributed by atoms with Gasteiger partial charge in [0.05, 0.1) is 17.7 Å². The van der Waals surface area contributed by atoms with E-state index in [0.717, 1.165) is 5.56 Å². The number of hydrogen-bond acceptors (Lipinski definition) is 4. The van der Waals surface area contributed by atoms with Crippen LogP contribution in [0.4, 0.5) is 0 Å². The number of methoxy groups -OCH3 is 1. The summed E-state index contributed by atoms with van der Waals surface area (Å²) in [5.41, 5.74) is 6.45. The zero-order chi connectivity index (χ0) is 14.0. The first-order valence-corrected chi connectivity index (χ1v) is 6.45. The maximum atomic E-state index is 11.8. The summed E-state index contributed by atoms with van der Waals surface area (Å²) in [5.74, 6) is 0.217. The second kappa shape index (κ2) is 7.33. The third-order valence-electron chi connectivity index (χ3n) is 2.85. The summed E-state index contributed by atoms with van der Waals surface area (Å²) in [5, 5.41) is 3.57. The highest BCUT2D eigenvalue weighted by atomic mass is 35.5. The van der Waals surface area contributed by atoms with Crippen molar-refractivity contribution in [2.45, 2.75) is 12.1 Å². The van der Waals surface area contributed by atoms with Crippen LogP contribution in [0.15, 0.2) is 12.1 Å². The summed E-state index contributed by atoms with van der Waals surface area (Å²) in [6, 6.07) is 2.46. The zero-order valence-corrected chi connectivity index (χ0v) is 13.0. The molecule has 1 aromatic carbocycles. The van der Waals surface area contributed by atoms with Crippen LogP contribution in [0.25, 0.3) is 0 Å².